The summed E-state index contributed by atoms with van der Waals surface area (Å²) in [7, 11) is 3.18. The number of anilines is 1. The standard InChI is InChI=1S/C24H37ClN4O4.C6H8O7/c1-15(2)24(31)29-9-5-16(6-10-29)13-28-8-7-20(22(14-28)33-4)27-23(30)17-11-18(25)19(26)12-21(17)32-3;7-3(8)1-6(13,5(11)12)2-4(9)10/h11-12,15-16,20,22H,5-10,13-14,26H2,1-4H3,(H,27,30);13H,1-2H2,(H,7,8)(H,9,10)(H,11,12)/t20-,22+;/m0./s1. The van der Waals surface area contributed by atoms with Gasteiger partial charge in [0.25, 0.3) is 5.91 Å². The van der Waals surface area contributed by atoms with Crippen LogP contribution in [0.5, 0.6) is 5.75 Å². The molecular weight excluding hydrogens is 628 g/mol. The number of aliphatic hydroxyl groups is 1. The van der Waals surface area contributed by atoms with Gasteiger partial charge < -0.3 is 50.8 Å². The van der Waals surface area contributed by atoms with Crippen LogP contribution >= 0.6 is 11.6 Å². The van der Waals surface area contributed by atoms with Gasteiger partial charge in [0.05, 0.1) is 48.4 Å². The average molecular weight is 673 g/mol. The summed E-state index contributed by atoms with van der Waals surface area (Å²) in [5.74, 6) is -3.99. The molecule has 0 unspecified atom stereocenters. The number of halogens is 1. The number of carbonyl (C=O) groups excluding carboxylic acids is 2. The molecule has 2 amide bonds. The lowest BCUT2D eigenvalue weighted by atomic mass is 9.93. The van der Waals surface area contributed by atoms with Gasteiger partial charge in [0.2, 0.25) is 5.91 Å². The van der Waals surface area contributed by atoms with Gasteiger partial charge in [-0.1, -0.05) is 25.4 Å². The summed E-state index contributed by atoms with van der Waals surface area (Å²) in [4.78, 5) is 60.1. The number of carbonyl (C=O) groups is 5. The summed E-state index contributed by atoms with van der Waals surface area (Å²) in [5, 5.41) is 37.2. The number of hydrogen-bond donors (Lipinski definition) is 6. The molecule has 0 saturated carbocycles. The zero-order chi connectivity index (χ0) is 34.8. The van der Waals surface area contributed by atoms with Crippen LogP contribution in [0.15, 0.2) is 12.1 Å². The molecule has 7 N–H and O–H groups in total. The molecule has 0 spiro atoms. The first-order valence-electron chi connectivity index (χ1n) is 14.9. The first kappa shape index (κ1) is 38.5. The number of aliphatic carboxylic acids is 3. The molecule has 3 rings (SSSR count). The molecule has 2 saturated heterocycles. The Balaban J connectivity index is 0.000000479. The summed E-state index contributed by atoms with van der Waals surface area (Å²) in [6.45, 7) is 8.23. The number of methoxy groups -OCH3 is 2. The first-order chi connectivity index (χ1) is 21.5. The fourth-order valence-electron chi connectivity index (χ4n) is 5.49. The summed E-state index contributed by atoms with van der Waals surface area (Å²) in [6.07, 6.45) is 0.457. The third-order valence-electron chi connectivity index (χ3n) is 8.05. The molecule has 15 nitrogen and oxygen atoms in total. The van der Waals surface area contributed by atoms with Crippen LogP contribution in [0.2, 0.25) is 5.02 Å². The monoisotopic (exact) mass is 672 g/mol. The maximum atomic E-state index is 13.0. The lowest BCUT2D eigenvalue weighted by Gasteiger charge is -2.41. The number of rotatable bonds is 12. The predicted molar refractivity (Wildman–Crippen MR) is 167 cm³/mol. The molecule has 1 aromatic rings. The lowest BCUT2D eigenvalue weighted by Crippen LogP contribution is -2.55. The van der Waals surface area contributed by atoms with Crippen LogP contribution in [-0.4, -0.2) is 125 Å². The fourth-order valence-corrected chi connectivity index (χ4v) is 5.66. The van der Waals surface area contributed by atoms with Gasteiger partial charge in [0.15, 0.2) is 5.60 Å². The summed E-state index contributed by atoms with van der Waals surface area (Å²) >= 11 is 6.13. The van der Waals surface area contributed by atoms with Crippen molar-refractivity contribution in [1.82, 2.24) is 15.1 Å². The average Bonchev–Trinajstić information content (AvgIpc) is 2.98. The van der Waals surface area contributed by atoms with Crippen molar-refractivity contribution < 1.29 is 53.9 Å². The number of piperidine rings is 2. The number of carboxylic acids is 3. The van der Waals surface area contributed by atoms with Gasteiger partial charge >= 0.3 is 17.9 Å². The van der Waals surface area contributed by atoms with E-state index in [1.807, 2.05) is 18.7 Å². The molecule has 0 aliphatic carbocycles. The highest BCUT2D eigenvalue weighted by Gasteiger charge is 2.41. The number of nitrogens with zero attached hydrogens (tertiary/aromatic N) is 2. The molecule has 16 heteroatoms. The summed E-state index contributed by atoms with van der Waals surface area (Å²) in [5.41, 5.74) is 3.82. The van der Waals surface area contributed by atoms with E-state index in [1.165, 1.54) is 7.11 Å². The van der Waals surface area contributed by atoms with Crippen molar-refractivity contribution in [3.05, 3.63) is 22.7 Å². The van der Waals surface area contributed by atoms with E-state index in [2.05, 4.69) is 10.2 Å². The van der Waals surface area contributed by atoms with Crippen molar-refractivity contribution in [3.63, 3.8) is 0 Å². The molecule has 1 aromatic carbocycles. The molecular formula is C30H45ClN4O11. The molecule has 2 heterocycles. The van der Waals surface area contributed by atoms with E-state index in [0.29, 0.717) is 27.9 Å². The largest absolute Gasteiger partial charge is 0.496 e. The van der Waals surface area contributed by atoms with Crippen molar-refractivity contribution in [2.45, 2.75) is 63.7 Å². The van der Waals surface area contributed by atoms with Crippen molar-refractivity contribution in [1.29, 1.82) is 0 Å². The number of ether oxygens (including phenoxy) is 2. The molecule has 0 aromatic heterocycles. The van der Waals surface area contributed by atoms with Crippen molar-refractivity contribution in [2.24, 2.45) is 11.8 Å². The third kappa shape index (κ3) is 11.0. The van der Waals surface area contributed by atoms with Crippen LogP contribution < -0.4 is 15.8 Å². The number of nitrogen functional groups attached to an aromatic ring is 1. The third-order valence-corrected chi connectivity index (χ3v) is 8.38. The number of benzene rings is 1. The quantitative estimate of drug-likeness (QED) is 0.173. The Morgan fingerprint density at radius 3 is 2.09 bits per heavy atom. The second-order valence-electron chi connectivity index (χ2n) is 11.9. The molecule has 2 aliphatic heterocycles. The molecule has 0 bridgehead atoms. The number of amides is 2. The van der Waals surface area contributed by atoms with E-state index in [-0.39, 0.29) is 29.9 Å². The van der Waals surface area contributed by atoms with E-state index in [0.717, 1.165) is 52.0 Å². The first-order valence-corrected chi connectivity index (χ1v) is 15.3. The second-order valence-corrected chi connectivity index (χ2v) is 12.3. The maximum absolute atomic E-state index is 13.0. The highest BCUT2D eigenvalue weighted by Crippen LogP contribution is 2.29. The Bertz CT molecular complexity index is 1240. The summed E-state index contributed by atoms with van der Waals surface area (Å²) in [6, 6.07) is 3.00. The summed E-state index contributed by atoms with van der Waals surface area (Å²) < 4.78 is 11.1. The SMILES string of the molecule is COc1cc(N)c(Cl)cc1C(=O)N[C@H]1CCN(CC2CCN(C(=O)C(C)C)CC2)C[C@H]1OC.O=C(O)CC(O)(CC(=O)O)C(=O)O. The van der Waals surface area contributed by atoms with Crippen molar-refractivity contribution in [2.75, 3.05) is 52.7 Å². The van der Waals surface area contributed by atoms with Crippen LogP contribution in [0.1, 0.15) is 56.3 Å². The maximum Gasteiger partial charge on any atom is 0.336 e. The molecule has 46 heavy (non-hydrogen) atoms. The normalized spacial score (nSPS) is 19.2. The highest BCUT2D eigenvalue weighted by atomic mass is 35.5. The van der Waals surface area contributed by atoms with Gasteiger partial charge in [0.1, 0.15) is 5.75 Å². The lowest BCUT2D eigenvalue weighted by molar-refractivity contribution is -0.170. The fraction of sp³-hybridized carbons (Fsp3) is 0.633. The van der Waals surface area contributed by atoms with Gasteiger partial charge in [-0.25, -0.2) is 4.79 Å². The number of nitrogens with two attached hydrogens (primary N) is 1. The van der Waals surface area contributed by atoms with Gasteiger partial charge in [-0.15, -0.1) is 0 Å². The molecule has 2 aliphatic rings. The van der Waals surface area contributed by atoms with Crippen LogP contribution in [0, 0.1) is 11.8 Å². The Morgan fingerprint density at radius 2 is 1.61 bits per heavy atom. The number of nitrogens with one attached hydrogen (secondary N) is 1. The van der Waals surface area contributed by atoms with Crippen molar-refractivity contribution >= 4 is 47.0 Å². The molecule has 258 valence electrons. The van der Waals surface area contributed by atoms with Gasteiger partial charge in [-0.05, 0) is 31.2 Å². The van der Waals surface area contributed by atoms with Crippen LogP contribution in [0.4, 0.5) is 5.69 Å². The number of likely N-dealkylation sites (tertiary alicyclic amines) is 2. The zero-order valence-corrected chi connectivity index (χ0v) is 27.3. The second kappa shape index (κ2) is 17.3. The van der Waals surface area contributed by atoms with Crippen LogP contribution in [0.25, 0.3) is 0 Å². The minimum atomic E-state index is -2.74. The van der Waals surface area contributed by atoms with Gasteiger partial charge in [0, 0.05) is 51.8 Å². The van der Waals surface area contributed by atoms with Gasteiger partial charge in [-0.2, -0.15) is 0 Å². The zero-order valence-electron chi connectivity index (χ0n) is 26.5. The molecule has 2 atom stereocenters. The smallest absolute Gasteiger partial charge is 0.336 e. The molecule has 0 radical (unpaired) electrons. The van der Waals surface area contributed by atoms with Crippen molar-refractivity contribution in [3.8, 4) is 5.75 Å². The van der Waals surface area contributed by atoms with E-state index in [9.17, 15) is 24.0 Å². The van der Waals surface area contributed by atoms with E-state index in [4.69, 9.17) is 47.2 Å². The minimum absolute atomic E-state index is 0.0579. The molecule has 2 fully saturated rings. The van der Waals surface area contributed by atoms with Gasteiger partial charge in [-0.3, -0.25) is 19.2 Å². The highest BCUT2D eigenvalue weighted by molar-refractivity contribution is 6.33. The topological polar surface area (TPSA) is 229 Å². The predicted octanol–water partition coefficient (Wildman–Crippen LogP) is 1.40. The Kier molecular flexibility index (Phi) is 14.5. The van der Waals surface area contributed by atoms with Crippen LogP contribution in [0.3, 0.4) is 0 Å². The minimum Gasteiger partial charge on any atom is -0.496 e. The Morgan fingerprint density at radius 1 is 1.02 bits per heavy atom. The van der Waals surface area contributed by atoms with Crippen LogP contribution in [-0.2, 0) is 23.9 Å². The Labute approximate surface area is 272 Å². The van der Waals surface area contributed by atoms with E-state index >= 15 is 0 Å². The number of carboxylic acid groups (broad SMARTS) is 3. The van der Waals surface area contributed by atoms with E-state index < -0.39 is 36.4 Å². The van der Waals surface area contributed by atoms with E-state index in [1.54, 1.807) is 19.2 Å². The number of hydrogen-bond acceptors (Lipinski definition) is 10. The Hall–Kier alpha value is -3.66.